The number of rotatable bonds is 7. The highest BCUT2D eigenvalue weighted by Crippen LogP contribution is 2.23. The molecule has 0 unspecified atom stereocenters. The average Bonchev–Trinajstić information content (AvgIpc) is 3.56. The van der Waals surface area contributed by atoms with E-state index < -0.39 is 0 Å². The maximum absolute atomic E-state index is 12.7. The number of aromatic nitrogens is 2. The summed E-state index contributed by atoms with van der Waals surface area (Å²) in [5.74, 6) is 1.41. The molecule has 2 aliphatic heterocycles. The summed E-state index contributed by atoms with van der Waals surface area (Å²) in [4.78, 5) is 22.0. The lowest BCUT2D eigenvalue weighted by molar-refractivity contribution is -0.126. The smallest absolute Gasteiger partial charge is 0.241 e. The van der Waals surface area contributed by atoms with E-state index in [2.05, 4.69) is 65.5 Å². The molecule has 0 atom stereocenters. The Morgan fingerprint density at radius 1 is 1.06 bits per heavy atom. The van der Waals surface area contributed by atoms with Crippen LogP contribution in [0.5, 0.6) is 0 Å². The Bertz CT molecular complexity index is 1100. The van der Waals surface area contributed by atoms with Crippen molar-refractivity contribution in [1.29, 1.82) is 0 Å². The van der Waals surface area contributed by atoms with Gasteiger partial charge in [-0.1, -0.05) is 45.4 Å². The molecule has 178 valence electrons. The monoisotopic (exact) mass is 523 g/mol. The van der Waals surface area contributed by atoms with Crippen molar-refractivity contribution in [2.75, 3.05) is 31.1 Å². The van der Waals surface area contributed by atoms with Crippen molar-refractivity contribution in [3.63, 3.8) is 0 Å². The molecule has 0 radical (unpaired) electrons. The van der Waals surface area contributed by atoms with Gasteiger partial charge in [-0.25, -0.2) is 0 Å². The molecular formula is C26H30BrN5O2. The van der Waals surface area contributed by atoms with Gasteiger partial charge in [-0.3, -0.25) is 9.69 Å². The van der Waals surface area contributed by atoms with Crippen LogP contribution in [0.4, 0.5) is 5.69 Å². The van der Waals surface area contributed by atoms with Gasteiger partial charge in [-0.15, -0.1) is 0 Å². The van der Waals surface area contributed by atoms with E-state index in [1.165, 1.54) is 18.5 Å². The fraction of sp³-hybridized carbons (Fsp3) is 0.423. The van der Waals surface area contributed by atoms with Gasteiger partial charge in [-0.05, 0) is 68.6 Å². The third kappa shape index (κ3) is 5.67. The summed E-state index contributed by atoms with van der Waals surface area (Å²) >= 11 is 3.47. The molecule has 3 heterocycles. The standard InChI is InChI=1S/C26H30BrN5O2/c27-22-5-3-4-21(16-22)25-29-24(34-30-25)18-31-14-10-20(11-15-31)26(33)28-17-19-6-8-23(9-7-19)32-12-1-2-13-32/h3-9,16,20H,1-2,10-15,17-18H2,(H,28,33). The molecule has 0 saturated carbocycles. The van der Waals surface area contributed by atoms with Crippen molar-refractivity contribution in [3.8, 4) is 11.4 Å². The number of hydrogen-bond acceptors (Lipinski definition) is 6. The van der Waals surface area contributed by atoms with Gasteiger partial charge in [0.2, 0.25) is 17.6 Å². The van der Waals surface area contributed by atoms with Crippen molar-refractivity contribution in [2.24, 2.45) is 5.92 Å². The number of hydrogen-bond donors (Lipinski definition) is 1. The number of piperidine rings is 1. The second kappa shape index (κ2) is 10.7. The Kier molecular flexibility index (Phi) is 7.25. The zero-order chi connectivity index (χ0) is 23.3. The minimum Gasteiger partial charge on any atom is -0.372 e. The predicted octanol–water partition coefficient (Wildman–Crippen LogP) is 4.63. The van der Waals surface area contributed by atoms with Crippen molar-refractivity contribution in [3.05, 3.63) is 64.5 Å². The Hall–Kier alpha value is -2.71. The predicted molar refractivity (Wildman–Crippen MR) is 135 cm³/mol. The third-order valence-electron chi connectivity index (χ3n) is 6.74. The minimum absolute atomic E-state index is 0.0556. The highest BCUT2D eigenvalue weighted by atomic mass is 79.9. The number of benzene rings is 2. The van der Waals surface area contributed by atoms with Gasteiger partial charge in [-0.2, -0.15) is 4.98 Å². The van der Waals surface area contributed by atoms with Crippen LogP contribution in [0, 0.1) is 5.92 Å². The van der Waals surface area contributed by atoms with E-state index in [0.29, 0.717) is 24.8 Å². The summed E-state index contributed by atoms with van der Waals surface area (Å²) in [6, 6.07) is 16.5. The second-order valence-electron chi connectivity index (χ2n) is 9.15. The zero-order valence-corrected chi connectivity index (χ0v) is 20.8. The lowest BCUT2D eigenvalue weighted by Gasteiger charge is -2.30. The molecule has 3 aromatic rings. The van der Waals surface area contributed by atoms with Crippen LogP contribution in [-0.4, -0.2) is 47.1 Å². The zero-order valence-electron chi connectivity index (χ0n) is 19.3. The van der Waals surface area contributed by atoms with Crippen LogP contribution < -0.4 is 10.2 Å². The molecule has 2 saturated heterocycles. The number of nitrogens with zero attached hydrogens (tertiary/aromatic N) is 4. The van der Waals surface area contributed by atoms with E-state index >= 15 is 0 Å². The fourth-order valence-corrected chi connectivity index (χ4v) is 5.14. The summed E-state index contributed by atoms with van der Waals surface area (Å²) in [6.45, 7) is 5.17. The molecule has 0 bridgehead atoms. The molecule has 2 fully saturated rings. The van der Waals surface area contributed by atoms with Crippen LogP contribution in [-0.2, 0) is 17.9 Å². The van der Waals surface area contributed by atoms with Gasteiger partial charge in [0.15, 0.2) is 0 Å². The lowest BCUT2D eigenvalue weighted by Crippen LogP contribution is -2.40. The molecular weight excluding hydrogens is 494 g/mol. The Morgan fingerprint density at radius 2 is 1.82 bits per heavy atom. The van der Waals surface area contributed by atoms with Gasteiger partial charge in [0, 0.05) is 41.3 Å². The van der Waals surface area contributed by atoms with Crippen LogP contribution in [0.2, 0.25) is 0 Å². The molecule has 1 amide bonds. The summed E-state index contributed by atoms with van der Waals surface area (Å²) < 4.78 is 6.45. The van der Waals surface area contributed by atoms with E-state index in [4.69, 9.17) is 4.52 Å². The van der Waals surface area contributed by atoms with Crippen LogP contribution in [0.1, 0.15) is 37.1 Å². The summed E-state index contributed by atoms with van der Waals surface area (Å²) in [5.41, 5.74) is 3.35. The van der Waals surface area contributed by atoms with E-state index in [0.717, 1.165) is 54.6 Å². The highest BCUT2D eigenvalue weighted by molar-refractivity contribution is 9.10. The molecule has 34 heavy (non-hydrogen) atoms. The number of nitrogens with one attached hydrogen (secondary N) is 1. The molecule has 8 heteroatoms. The normalized spacial score (nSPS) is 17.3. The van der Waals surface area contributed by atoms with Crippen molar-refractivity contribution < 1.29 is 9.32 Å². The van der Waals surface area contributed by atoms with E-state index in [-0.39, 0.29) is 11.8 Å². The van der Waals surface area contributed by atoms with Crippen LogP contribution in [0.25, 0.3) is 11.4 Å². The van der Waals surface area contributed by atoms with Gasteiger partial charge >= 0.3 is 0 Å². The first-order valence-electron chi connectivity index (χ1n) is 12.1. The van der Waals surface area contributed by atoms with Gasteiger partial charge in [0.25, 0.3) is 0 Å². The van der Waals surface area contributed by atoms with E-state index in [1.54, 1.807) is 0 Å². The van der Waals surface area contributed by atoms with Crippen molar-refractivity contribution in [1.82, 2.24) is 20.4 Å². The number of likely N-dealkylation sites (tertiary alicyclic amines) is 1. The third-order valence-corrected chi connectivity index (χ3v) is 7.24. The second-order valence-corrected chi connectivity index (χ2v) is 10.1. The first-order valence-corrected chi connectivity index (χ1v) is 12.9. The number of anilines is 1. The fourth-order valence-electron chi connectivity index (χ4n) is 4.74. The van der Waals surface area contributed by atoms with Crippen LogP contribution in [0.3, 0.4) is 0 Å². The Morgan fingerprint density at radius 3 is 2.56 bits per heavy atom. The largest absolute Gasteiger partial charge is 0.372 e. The molecule has 7 nitrogen and oxygen atoms in total. The summed E-state index contributed by atoms with van der Waals surface area (Å²) in [6.07, 6.45) is 4.23. The van der Waals surface area contributed by atoms with E-state index in [9.17, 15) is 4.79 Å². The Balaban J connectivity index is 1.06. The van der Waals surface area contributed by atoms with Gasteiger partial charge in [0.1, 0.15) is 0 Å². The SMILES string of the molecule is O=C(NCc1ccc(N2CCCC2)cc1)C1CCN(Cc2nc(-c3cccc(Br)c3)no2)CC1. The summed E-state index contributed by atoms with van der Waals surface area (Å²) in [7, 11) is 0. The maximum Gasteiger partial charge on any atom is 0.241 e. The average molecular weight is 524 g/mol. The lowest BCUT2D eigenvalue weighted by atomic mass is 9.96. The Labute approximate surface area is 208 Å². The molecule has 2 aliphatic rings. The van der Waals surface area contributed by atoms with Gasteiger partial charge < -0.3 is 14.7 Å². The van der Waals surface area contributed by atoms with Crippen molar-refractivity contribution in [2.45, 2.75) is 38.8 Å². The molecule has 5 rings (SSSR count). The highest BCUT2D eigenvalue weighted by Gasteiger charge is 2.26. The number of carbonyl (C=O) groups excluding carboxylic acids is 1. The first-order chi connectivity index (χ1) is 16.6. The minimum atomic E-state index is 0.0556. The maximum atomic E-state index is 12.7. The molecule has 1 aromatic heterocycles. The number of amides is 1. The number of carbonyl (C=O) groups is 1. The molecule has 1 N–H and O–H groups in total. The number of halogens is 1. The van der Waals surface area contributed by atoms with Gasteiger partial charge in [0.05, 0.1) is 6.54 Å². The van der Waals surface area contributed by atoms with E-state index in [1.807, 2.05) is 24.3 Å². The van der Waals surface area contributed by atoms with Crippen LogP contribution >= 0.6 is 15.9 Å². The van der Waals surface area contributed by atoms with Crippen LogP contribution in [0.15, 0.2) is 57.5 Å². The molecule has 2 aromatic carbocycles. The quantitative estimate of drug-likeness (QED) is 0.486. The van der Waals surface area contributed by atoms with Crippen molar-refractivity contribution >= 4 is 27.5 Å². The first kappa shape index (κ1) is 23.1. The topological polar surface area (TPSA) is 74.5 Å². The molecule has 0 aliphatic carbocycles. The molecule has 0 spiro atoms. The summed E-state index contributed by atoms with van der Waals surface area (Å²) in [5, 5.41) is 7.25.